The van der Waals surface area contributed by atoms with Crippen LogP contribution in [-0.2, 0) is 33.8 Å². The van der Waals surface area contributed by atoms with Gasteiger partial charge in [-0.2, -0.15) is 0 Å². The summed E-state index contributed by atoms with van der Waals surface area (Å²) >= 11 is 0. The number of ether oxygens (including phenoxy) is 1. The van der Waals surface area contributed by atoms with Crippen molar-refractivity contribution in [2.45, 2.75) is 13.3 Å². The van der Waals surface area contributed by atoms with Gasteiger partial charge < -0.3 is 9.84 Å². The molecule has 0 saturated heterocycles. The maximum atomic E-state index is 10.6. The van der Waals surface area contributed by atoms with E-state index in [-0.39, 0.29) is 38.1 Å². The molecule has 0 aromatic carbocycles. The molecule has 0 aliphatic rings. The number of esters is 1. The van der Waals surface area contributed by atoms with Crippen LogP contribution < -0.4 is 0 Å². The first-order chi connectivity index (χ1) is 5.04. The SMILES string of the molecule is C=C(C)C(=O)OCCC(=O)O.[Zn]. The summed E-state index contributed by atoms with van der Waals surface area (Å²) in [6, 6.07) is 0. The third-order valence-electron chi connectivity index (χ3n) is 0.898. The molecule has 0 heterocycles. The van der Waals surface area contributed by atoms with Crippen LogP contribution in [-0.4, -0.2) is 23.7 Å². The zero-order valence-corrected chi connectivity index (χ0v) is 9.97. The molecule has 0 atom stereocenters. The van der Waals surface area contributed by atoms with E-state index in [1.54, 1.807) is 0 Å². The molecule has 64 valence electrons. The first kappa shape index (κ1) is 13.9. The second-order valence-corrected chi connectivity index (χ2v) is 2.06. The standard InChI is InChI=1S/C7H10O4.Zn/c1-5(2)7(10)11-4-3-6(8)9;/h1,3-4H2,2H3,(H,8,9);. The molecular formula is C7H10O4Zn. The molecule has 4 nitrogen and oxygen atoms in total. The summed E-state index contributed by atoms with van der Waals surface area (Å²) in [5.74, 6) is -1.54. The van der Waals surface area contributed by atoms with E-state index in [1.807, 2.05) is 0 Å². The van der Waals surface area contributed by atoms with Gasteiger partial charge in [0, 0.05) is 25.1 Å². The fraction of sp³-hybridized carbons (Fsp3) is 0.429. The largest absolute Gasteiger partial charge is 0.481 e. The van der Waals surface area contributed by atoms with Crippen molar-refractivity contribution in [3.63, 3.8) is 0 Å². The van der Waals surface area contributed by atoms with Gasteiger partial charge in [0.2, 0.25) is 0 Å². The van der Waals surface area contributed by atoms with Gasteiger partial charge >= 0.3 is 11.9 Å². The molecule has 0 aromatic heterocycles. The summed E-state index contributed by atoms with van der Waals surface area (Å²) in [6.45, 7) is 4.74. The zero-order chi connectivity index (χ0) is 8.85. The number of carbonyl (C=O) groups is 2. The Morgan fingerprint density at radius 1 is 1.50 bits per heavy atom. The minimum Gasteiger partial charge on any atom is -0.481 e. The Balaban J connectivity index is 0. The van der Waals surface area contributed by atoms with Crippen LogP contribution in [0.2, 0.25) is 0 Å². The van der Waals surface area contributed by atoms with Gasteiger partial charge in [0.15, 0.2) is 0 Å². The van der Waals surface area contributed by atoms with Crippen molar-refractivity contribution in [2.75, 3.05) is 6.61 Å². The van der Waals surface area contributed by atoms with Crippen molar-refractivity contribution in [1.29, 1.82) is 0 Å². The molecule has 0 aromatic rings. The quantitative estimate of drug-likeness (QED) is 0.430. The molecule has 0 aliphatic heterocycles. The fourth-order valence-electron chi connectivity index (χ4n) is 0.354. The van der Waals surface area contributed by atoms with E-state index in [0.717, 1.165) is 0 Å². The van der Waals surface area contributed by atoms with E-state index in [1.165, 1.54) is 6.92 Å². The fourth-order valence-corrected chi connectivity index (χ4v) is 0.354. The molecule has 0 amide bonds. The Morgan fingerprint density at radius 3 is 2.33 bits per heavy atom. The summed E-state index contributed by atoms with van der Waals surface area (Å²) < 4.78 is 4.49. The molecule has 12 heavy (non-hydrogen) atoms. The number of hydrogen-bond donors (Lipinski definition) is 1. The van der Waals surface area contributed by atoms with E-state index in [2.05, 4.69) is 11.3 Å². The molecule has 1 N–H and O–H groups in total. The van der Waals surface area contributed by atoms with E-state index in [9.17, 15) is 9.59 Å². The molecule has 0 fully saturated rings. The van der Waals surface area contributed by atoms with Gasteiger partial charge in [-0.05, 0) is 6.92 Å². The van der Waals surface area contributed by atoms with Crippen LogP contribution >= 0.6 is 0 Å². The molecule has 0 unspecified atom stereocenters. The van der Waals surface area contributed by atoms with Crippen molar-refractivity contribution in [1.82, 2.24) is 0 Å². The van der Waals surface area contributed by atoms with Gasteiger partial charge in [0.25, 0.3) is 0 Å². The van der Waals surface area contributed by atoms with Crippen molar-refractivity contribution in [3.05, 3.63) is 12.2 Å². The Bertz CT molecular complexity index is 188. The summed E-state index contributed by atoms with van der Waals surface area (Å²) in [5, 5.41) is 8.15. The van der Waals surface area contributed by atoms with Crippen LogP contribution in [0.1, 0.15) is 13.3 Å². The Hall–Kier alpha value is -0.697. The van der Waals surface area contributed by atoms with Crippen LogP contribution in [0, 0.1) is 0 Å². The van der Waals surface area contributed by atoms with Crippen LogP contribution in [0.15, 0.2) is 12.2 Å². The van der Waals surface area contributed by atoms with E-state index >= 15 is 0 Å². The summed E-state index contributed by atoms with van der Waals surface area (Å²) in [4.78, 5) is 20.5. The van der Waals surface area contributed by atoms with E-state index in [0.29, 0.717) is 0 Å². The maximum absolute atomic E-state index is 10.6. The van der Waals surface area contributed by atoms with Crippen molar-refractivity contribution >= 4 is 11.9 Å². The maximum Gasteiger partial charge on any atom is 0.333 e. The average Bonchev–Trinajstić information content (AvgIpc) is 1.86. The van der Waals surface area contributed by atoms with Gasteiger partial charge in [-0.1, -0.05) is 6.58 Å². The second-order valence-electron chi connectivity index (χ2n) is 2.06. The van der Waals surface area contributed by atoms with Gasteiger partial charge in [-0.25, -0.2) is 4.79 Å². The predicted molar refractivity (Wildman–Crippen MR) is 38.0 cm³/mol. The Morgan fingerprint density at radius 2 is 2.00 bits per heavy atom. The minimum absolute atomic E-state index is 0. The van der Waals surface area contributed by atoms with Gasteiger partial charge in [0.1, 0.15) is 6.61 Å². The molecule has 0 saturated carbocycles. The topological polar surface area (TPSA) is 63.6 Å². The molecule has 0 aliphatic carbocycles. The summed E-state index contributed by atoms with van der Waals surface area (Å²) in [6.07, 6.45) is -0.168. The van der Waals surface area contributed by atoms with E-state index in [4.69, 9.17) is 5.11 Å². The summed E-state index contributed by atoms with van der Waals surface area (Å²) in [7, 11) is 0. The molecule has 0 radical (unpaired) electrons. The normalized spacial score (nSPS) is 8.08. The predicted octanol–water partition coefficient (Wildman–Crippen LogP) is 0.578. The van der Waals surface area contributed by atoms with Crippen LogP contribution in [0.3, 0.4) is 0 Å². The van der Waals surface area contributed by atoms with Crippen LogP contribution in [0.5, 0.6) is 0 Å². The smallest absolute Gasteiger partial charge is 0.333 e. The third kappa shape index (κ3) is 7.41. The molecule has 0 rings (SSSR count). The molecular weight excluding hydrogens is 213 g/mol. The van der Waals surface area contributed by atoms with Crippen molar-refractivity contribution in [2.24, 2.45) is 0 Å². The first-order valence-corrected chi connectivity index (χ1v) is 3.08. The van der Waals surface area contributed by atoms with E-state index < -0.39 is 11.9 Å². The molecule has 5 heteroatoms. The van der Waals surface area contributed by atoms with Crippen molar-refractivity contribution in [3.8, 4) is 0 Å². The second kappa shape index (κ2) is 6.98. The third-order valence-corrected chi connectivity index (χ3v) is 0.898. The zero-order valence-electron chi connectivity index (χ0n) is 7.00. The monoisotopic (exact) mass is 222 g/mol. The minimum atomic E-state index is -0.987. The number of carboxylic acid groups (broad SMARTS) is 1. The van der Waals surface area contributed by atoms with Crippen LogP contribution in [0.4, 0.5) is 0 Å². The van der Waals surface area contributed by atoms with Gasteiger partial charge in [-0.15, -0.1) is 0 Å². The number of aliphatic carboxylic acids is 1. The van der Waals surface area contributed by atoms with Gasteiger partial charge in [0.05, 0.1) is 6.42 Å². The Kier molecular flexibility index (Phi) is 8.06. The van der Waals surface area contributed by atoms with Gasteiger partial charge in [-0.3, -0.25) is 4.79 Å². The summed E-state index contributed by atoms with van der Waals surface area (Å²) in [5.41, 5.74) is 0.274. The number of carbonyl (C=O) groups excluding carboxylic acids is 1. The molecule has 0 spiro atoms. The first-order valence-electron chi connectivity index (χ1n) is 3.08. The average molecular weight is 224 g/mol. The Labute approximate surface area is 83.4 Å². The molecule has 0 bridgehead atoms. The van der Waals surface area contributed by atoms with Crippen LogP contribution in [0.25, 0.3) is 0 Å². The number of hydrogen-bond acceptors (Lipinski definition) is 3. The number of rotatable bonds is 4. The number of carboxylic acids is 1. The van der Waals surface area contributed by atoms with Crippen molar-refractivity contribution < 1.29 is 38.9 Å².